The van der Waals surface area contributed by atoms with Crippen LogP contribution in [0, 0.1) is 0 Å². The number of carbonyl (C=O) groups excluding carboxylic acids is 2. The van der Waals surface area contributed by atoms with Crippen molar-refractivity contribution >= 4 is 50.4 Å². The van der Waals surface area contributed by atoms with Gasteiger partial charge in [-0.3, -0.25) is 14.9 Å². The summed E-state index contributed by atoms with van der Waals surface area (Å²) < 4.78 is 7.22. The number of halogens is 1. The van der Waals surface area contributed by atoms with E-state index in [2.05, 4.69) is 36.7 Å². The highest BCUT2D eigenvalue weighted by Gasteiger charge is 2.24. The highest BCUT2D eigenvalue weighted by Crippen LogP contribution is 2.30. The first-order valence-electron chi connectivity index (χ1n) is 16.9. The van der Waals surface area contributed by atoms with Gasteiger partial charge in [-0.15, -0.1) is 0 Å². The Hall–Kier alpha value is -5.01. The van der Waals surface area contributed by atoms with Crippen molar-refractivity contribution in [2.45, 2.75) is 38.0 Å². The molecule has 1 atom stereocenters. The summed E-state index contributed by atoms with van der Waals surface area (Å²) in [5, 5.41) is 27.6. The van der Waals surface area contributed by atoms with Gasteiger partial charge in [0.15, 0.2) is 0 Å². The van der Waals surface area contributed by atoms with Gasteiger partial charge in [0.1, 0.15) is 11.9 Å². The molecule has 2 amide bonds. The first-order valence-corrected chi connectivity index (χ1v) is 17.6. The molecule has 5 N–H and O–H groups in total. The van der Waals surface area contributed by atoms with E-state index in [0.717, 1.165) is 29.8 Å². The van der Waals surface area contributed by atoms with Crippen molar-refractivity contribution in [2.24, 2.45) is 0 Å². The van der Waals surface area contributed by atoms with Gasteiger partial charge in [-0.1, -0.05) is 66.7 Å². The minimum absolute atomic E-state index is 0.0542. The van der Waals surface area contributed by atoms with Crippen molar-refractivity contribution in [3.63, 3.8) is 0 Å². The Kier molecular flexibility index (Phi) is 11.8. The zero-order chi connectivity index (χ0) is 35.7. The number of aromatic nitrogens is 1. The fraction of sp³-hybridized carbons (Fsp3) is 0.256. The number of aliphatic hydroxyl groups excluding tert-OH is 1. The number of aromatic hydroxyl groups is 1. The molecule has 6 rings (SSSR count). The average molecular weight is 755 g/mol. The quantitative estimate of drug-likeness (QED) is 0.0912. The van der Waals surface area contributed by atoms with Crippen LogP contribution < -0.4 is 20.1 Å². The third-order valence-electron chi connectivity index (χ3n) is 9.01. The third-order valence-corrected chi connectivity index (χ3v) is 9.82. The van der Waals surface area contributed by atoms with E-state index in [1.165, 1.54) is 16.1 Å². The van der Waals surface area contributed by atoms with Gasteiger partial charge in [0, 0.05) is 56.2 Å². The summed E-state index contributed by atoms with van der Waals surface area (Å²) in [6, 6.07) is 31.1. The van der Waals surface area contributed by atoms with Crippen molar-refractivity contribution in [3.05, 3.63) is 125 Å². The number of pyridine rings is 1. The van der Waals surface area contributed by atoms with E-state index in [9.17, 15) is 24.6 Å². The number of nitrogens with one attached hydrogen (secondary N) is 3. The number of aromatic amines is 1. The summed E-state index contributed by atoms with van der Waals surface area (Å²) in [6.45, 7) is 2.80. The number of carbonyl (C=O) groups is 2. The van der Waals surface area contributed by atoms with Crippen LogP contribution >= 0.6 is 16.1 Å². The molecular formula is C39H40BrN5O6. The van der Waals surface area contributed by atoms with Gasteiger partial charge in [0.25, 0.3) is 0 Å². The van der Waals surface area contributed by atoms with Gasteiger partial charge in [0.05, 0.1) is 39.1 Å². The number of amides is 2. The molecule has 5 aromatic rings. The molecule has 12 heteroatoms. The molecule has 2 heterocycles. The SMILES string of the molecule is O=C(Nc1ccccc1-c1ccccc1)OC1CCN(CCC(=O)N(Br)c2ccc(CNCC(O)c3ccc(O)c4[nH]c(=O)ccc34)cc2)CC1. The van der Waals surface area contributed by atoms with Crippen molar-refractivity contribution < 1.29 is 24.5 Å². The second-order valence-corrected chi connectivity index (χ2v) is 13.2. The van der Waals surface area contributed by atoms with Gasteiger partial charge in [-0.2, -0.15) is 0 Å². The number of ether oxygens (including phenoxy) is 1. The number of nitrogens with zero attached hydrogens (tertiary/aromatic N) is 2. The number of phenolic OH excluding ortho intramolecular Hbond substituents is 1. The summed E-state index contributed by atoms with van der Waals surface area (Å²) in [7, 11) is 0. The Balaban J connectivity index is 0.907. The maximum absolute atomic E-state index is 13.0. The van der Waals surface area contributed by atoms with Crippen molar-refractivity contribution in [1.29, 1.82) is 0 Å². The fourth-order valence-corrected chi connectivity index (χ4v) is 6.67. The van der Waals surface area contributed by atoms with Crippen LogP contribution in [0.3, 0.4) is 0 Å². The predicted octanol–water partition coefficient (Wildman–Crippen LogP) is 6.47. The molecule has 264 valence electrons. The molecule has 1 aliphatic heterocycles. The summed E-state index contributed by atoms with van der Waals surface area (Å²) >= 11 is 3.42. The lowest BCUT2D eigenvalue weighted by atomic mass is 10.0. The summed E-state index contributed by atoms with van der Waals surface area (Å²) in [5.74, 6) is -0.122. The number of aliphatic hydroxyl groups is 1. The average Bonchev–Trinajstić information content (AvgIpc) is 3.15. The third kappa shape index (κ3) is 9.21. The Bertz CT molecular complexity index is 2020. The monoisotopic (exact) mass is 753 g/mol. The van der Waals surface area contributed by atoms with Gasteiger partial charge in [0.2, 0.25) is 11.5 Å². The number of para-hydroxylation sites is 1. The number of hydrogen-bond acceptors (Lipinski definition) is 8. The number of phenols is 1. The van der Waals surface area contributed by atoms with E-state index in [1.807, 2.05) is 78.9 Å². The van der Waals surface area contributed by atoms with Crippen LogP contribution in [-0.2, 0) is 16.1 Å². The lowest BCUT2D eigenvalue weighted by Gasteiger charge is -2.31. The maximum Gasteiger partial charge on any atom is 0.411 e. The Labute approximate surface area is 304 Å². The highest BCUT2D eigenvalue weighted by atomic mass is 79.9. The lowest BCUT2D eigenvalue weighted by molar-refractivity contribution is -0.117. The number of likely N-dealkylation sites (tertiary alicyclic amines) is 1. The number of piperidine rings is 1. The normalized spacial score (nSPS) is 14.2. The number of hydrogen-bond donors (Lipinski definition) is 5. The standard InChI is InChI=1S/C39H40BrN5O6/c40-45(28-12-10-26(11-13-28)24-41-25-35(47)31-14-16-34(46)38-32(31)15-17-36(48)43-38)37(49)20-23-44-21-18-29(19-22-44)51-39(50)42-33-9-5-4-8-30(33)27-6-2-1-3-7-27/h1-17,29,35,41,46-47H,18-25H2,(H,42,50)(H,43,48). The first-order chi connectivity index (χ1) is 24.7. The van der Waals surface area contributed by atoms with E-state index in [-0.39, 0.29) is 29.9 Å². The number of H-pyrrole nitrogens is 1. The van der Waals surface area contributed by atoms with Gasteiger partial charge < -0.3 is 30.2 Å². The second-order valence-electron chi connectivity index (χ2n) is 12.5. The molecule has 51 heavy (non-hydrogen) atoms. The first kappa shape index (κ1) is 35.8. The van der Waals surface area contributed by atoms with E-state index in [1.54, 1.807) is 12.1 Å². The minimum atomic E-state index is -0.861. The number of fused-ring (bicyclic) bond motifs is 1. The molecule has 1 aliphatic rings. The van der Waals surface area contributed by atoms with E-state index in [4.69, 9.17) is 4.74 Å². The zero-order valence-electron chi connectivity index (χ0n) is 27.9. The Morgan fingerprint density at radius 3 is 2.43 bits per heavy atom. The van der Waals surface area contributed by atoms with E-state index < -0.39 is 12.2 Å². The molecular weight excluding hydrogens is 714 g/mol. The van der Waals surface area contributed by atoms with Crippen LogP contribution in [0.5, 0.6) is 5.75 Å². The van der Waals surface area contributed by atoms with Crippen molar-refractivity contribution in [2.75, 3.05) is 35.4 Å². The van der Waals surface area contributed by atoms with Crippen molar-refractivity contribution in [1.82, 2.24) is 15.2 Å². The van der Waals surface area contributed by atoms with Crippen LogP contribution in [-0.4, -0.2) is 64.4 Å². The van der Waals surface area contributed by atoms with E-state index in [0.29, 0.717) is 60.2 Å². The molecule has 1 aromatic heterocycles. The molecule has 0 bridgehead atoms. The highest BCUT2D eigenvalue weighted by molar-refractivity contribution is 9.10. The van der Waals surface area contributed by atoms with Gasteiger partial charge in [-0.05, 0) is 59.9 Å². The molecule has 0 radical (unpaired) electrons. The second kappa shape index (κ2) is 16.8. The Morgan fingerprint density at radius 1 is 0.941 bits per heavy atom. The van der Waals surface area contributed by atoms with E-state index >= 15 is 0 Å². The van der Waals surface area contributed by atoms with Gasteiger partial charge in [-0.25, -0.2) is 8.72 Å². The van der Waals surface area contributed by atoms with Crippen LogP contribution in [0.4, 0.5) is 16.2 Å². The van der Waals surface area contributed by atoms with Crippen LogP contribution in [0.2, 0.25) is 0 Å². The lowest BCUT2D eigenvalue weighted by Crippen LogP contribution is -2.40. The predicted molar refractivity (Wildman–Crippen MR) is 202 cm³/mol. The van der Waals surface area contributed by atoms with Crippen LogP contribution in [0.25, 0.3) is 22.0 Å². The molecule has 1 fully saturated rings. The fourth-order valence-electron chi connectivity index (χ4n) is 6.26. The number of benzene rings is 4. The van der Waals surface area contributed by atoms with Crippen LogP contribution in [0.15, 0.2) is 108 Å². The minimum Gasteiger partial charge on any atom is -0.506 e. The van der Waals surface area contributed by atoms with Crippen LogP contribution in [0.1, 0.15) is 36.5 Å². The molecule has 1 unspecified atom stereocenters. The largest absolute Gasteiger partial charge is 0.506 e. The molecule has 4 aromatic carbocycles. The molecule has 0 spiro atoms. The topological polar surface area (TPSA) is 147 Å². The van der Waals surface area contributed by atoms with Crippen molar-refractivity contribution in [3.8, 4) is 16.9 Å². The maximum atomic E-state index is 13.0. The summed E-state index contributed by atoms with van der Waals surface area (Å²) in [4.78, 5) is 42.3. The molecule has 0 aliphatic carbocycles. The smallest absolute Gasteiger partial charge is 0.411 e. The number of anilines is 2. The molecule has 0 saturated carbocycles. The molecule has 1 saturated heterocycles. The molecule has 11 nitrogen and oxygen atoms in total. The summed E-state index contributed by atoms with van der Waals surface area (Å²) in [6.07, 6.45) is 0.194. The zero-order valence-corrected chi connectivity index (χ0v) is 29.5. The van der Waals surface area contributed by atoms with Gasteiger partial charge >= 0.3 is 6.09 Å². The Morgan fingerprint density at radius 2 is 1.67 bits per heavy atom. The summed E-state index contributed by atoms with van der Waals surface area (Å²) in [5.41, 5.74) is 4.88. The number of rotatable bonds is 12.